The van der Waals surface area contributed by atoms with E-state index in [0.29, 0.717) is 18.7 Å². The van der Waals surface area contributed by atoms with Crippen molar-refractivity contribution in [3.8, 4) is 5.75 Å². The van der Waals surface area contributed by atoms with Crippen LogP contribution in [-0.4, -0.2) is 23.3 Å². The molecule has 1 amide bonds. The fourth-order valence-corrected chi connectivity index (χ4v) is 2.12. The van der Waals surface area contributed by atoms with E-state index in [2.05, 4.69) is 10.3 Å². The number of amides is 1. The fraction of sp³-hybridized carbons (Fsp3) is 0.316. The lowest BCUT2D eigenvalue weighted by Crippen LogP contribution is -2.23. The number of nitrogens with one attached hydrogen (secondary N) is 1. The smallest absolute Gasteiger partial charge is 0.220 e. The average Bonchev–Trinajstić information content (AvgIpc) is 2.64. The third kappa shape index (κ3) is 5.83. The Kier molecular flexibility index (Phi) is 6.95. The van der Waals surface area contributed by atoms with E-state index in [-0.39, 0.29) is 24.5 Å². The monoisotopic (exact) mass is 326 g/mol. The second-order valence-electron chi connectivity index (χ2n) is 5.43. The van der Waals surface area contributed by atoms with E-state index in [4.69, 9.17) is 4.74 Å². The van der Waals surface area contributed by atoms with E-state index in [1.807, 2.05) is 19.1 Å². The van der Waals surface area contributed by atoms with Gasteiger partial charge >= 0.3 is 0 Å². The number of carbonyl (C=O) groups is 2. The number of rotatable bonds is 9. The summed E-state index contributed by atoms with van der Waals surface area (Å²) in [6, 6.07) is 10.7. The minimum absolute atomic E-state index is 0.0453. The van der Waals surface area contributed by atoms with Crippen LogP contribution < -0.4 is 10.1 Å². The van der Waals surface area contributed by atoms with Crippen molar-refractivity contribution in [1.29, 1.82) is 0 Å². The maximum Gasteiger partial charge on any atom is 0.220 e. The highest BCUT2D eigenvalue weighted by atomic mass is 16.5. The molecule has 0 aliphatic rings. The molecule has 2 aromatic rings. The number of hydrogen-bond donors (Lipinski definition) is 1. The number of Topliss-reactive ketones (excluding diaryl/α,β-unsaturated/α-hetero) is 1. The number of benzene rings is 1. The number of ether oxygens (including phenoxy) is 1. The second kappa shape index (κ2) is 9.45. The summed E-state index contributed by atoms with van der Waals surface area (Å²) in [4.78, 5) is 27.9. The minimum Gasteiger partial charge on any atom is -0.494 e. The molecule has 0 spiro atoms. The maximum absolute atomic E-state index is 12.1. The quantitative estimate of drug-likeness (QED) is 0.719. The number of hydrogen-bond acceptors (Lipinski definition) is 4. The van der Waals surface area contributed by atoms with Crippen LogP contribution in [0.25, 0.3) is 0 Å². The van der Waals surface area contributed by atoms with Crippen molar-refractivity contribution in [3.63, 3.8) is 0 Å². The van der Waals surface area contributed by atoms with Crippen molar-refractivity contribution < 1.29 is 14.3 Å². The Labute approximate surface area is 142 Å². The van der Waals surface area contributed by atoms with Gasteiger partial charge in [0.05, 0.1) is 6.61 Å². The van der Waals surface area contributed by atoms with Crippen LogP contribution in [-0.2, 0) is 11.3 Å². The first-order valence-corrected chi connectivity index (χ1v) is 8.10. The second-order valence-corrected chi connectivity index (χ2v) is 5.43. The zero-order chi connectivity index (χ0) is 17.2. The van der Waals surface area contributed by atoms with Gasteiger partial charge in [-0.3, -0.25) is 14.6 Å². The topological polar surface area (TPSA) is 68.3 Å². The molecule has 24 heavy (non-hydrogen) atoms. The predicted octanol–water partition coefficient (Wildman–Crippen LogP) is 3.15. The van der Waals surface area contributed by atoms with Crippen LogP contribution in [0.2, 0.25) is 0 Å². The van der Waals surface area contributed by atoms with Gasteiger partial charge in [0.15, 0.2) is 5.78 Å². The number of aromatic nitrogens is 1. The molecule has 1 aromatic carbocycles. The normalized spacial score (nSPS) is 10.2. The Morgan fingerprint density at radius 3 is 2.42 bits per heavy atom. The van der Waals surface area contributed by atoms with Gasteiger partial charge in [-0.2, -0.15) is 0 Å². The number of carbonyl (C=O) groups excluding carboxylic acids is 2. The number of ketones is 1. The van der Waals surface area contributed by atoms with Crippen molar-refractivity contribution in [3.05, 3.63) is 59.9 Å². The molecule has 5 nitrogen and oxygen atoms in total. The van der Waals surface area contributed by atoms with E-state index in [1.54, 1.807) is 36.7 Å². The van der Waals surface area contributed by atoms with Crippen molar-refractivity contribution in [2.45, 2.75) is 32.7 Å². The molecule has 126 valence electrons. The lowest BCUT2D eigenvalue weighted by molar-refractivity contribution is -0.121. The molecule has 0 aliphatic carbocycles. The third-order valence-electron chi connectivity index (χ3n) is 3.47. The first kappa shape index (κ1) is 17.7. The molecule has 5 heteroatoms. The van der Waals surface area contributed by atoms with Gasteiger partial charge in [0.2, 0.25) is 5.91 Å². The summed E-state index contributed by atoms with van der Waals surface area (Å²) in [6.07, 6.45) is 4.67. The van der Waals surface area contributed by atoms with Gasteiger partial charge in [-0.15, -0.1) is 0 Å². The van der Waals surface area contributed by atoms with Crippen LogP contribution >= 0.6 is 0 Å². The van der Waals surface area contributed by atoms with Gasteiger partial charge in [-0.05, 0) is 48.4 Å². The lowest BCUT2D eigenvalue weighted by Gasteiger charge is -2.06. The van der Waals surface area contributed by atoms with E-state index in [1.165, 1.54) is 0 Å². The molecule has 1 aromatic heterocycles. The van der Waals surface area contributed by atoms with Crippen LogP contribution in [0.1, 0.15) is 42.1 Å². The minimum atomic E-state index is -0.136. The van der Waals surface area contributed by atoms with Crippen LogP contribution in [0.3, 0.4) is 0 Å². The van der Waals surface area contributed by atoms with E-state index in [9.17, 15) is 9.59 Å². The van der Waals surface area contributed by atoms with Gasteiger partial charge in [0, 0.05) is 37.3 Å². The standard InChI is InChI=1S/C19H22N2O3/c1-2-13-24-17-5-3-16(4-6-17)18(22)7-8-19(23)21-14-15-9-11-20-12-10-15/h3-6,9-12H,2,7-8,13-14H2,1H3,(H,21,23). The molecule has 0 saturated heterocycles. The van der Waals surface area contributed by atoms with Crippen molar-refractivity contribution >= 4 is 11.7 Å². The number of pyridine rings is 1. The summed E-state index contributed by atoms with van der Waals surface area (Å²) in [5.74, 6) is 0.572. The molecule has 0 aliphatic heterocycles. The van der Waals surface area contributed by atoms with Gasteiger partial charge in [0.1, 0.15) is 5.75 Å². The summed E-state index contributed by atoms with van der Waals surface area (Å²) in [5.41, 5.74) is 1.58. The highest BCUT2D eigenvalue weighted by molar-refractivity contribution is 5.98. The maximum atomic E-state index is 12.1. The van der Waals surface area contributed by atoms with Crippen LogP contribution in [0.5, 0.6) is 5.75 Å². The van der Waals surface area contributed by atoms with Gasteiger partial charge in [0.25, 0.3) is 0 Å². The van der Waals surface area contributed by atoms with E-state index in [0.717, 1.165) is 17.7 Å². The van der Waals surface area contributed by atoms with Crippen molar-refractivity contribution in [2.75, 3.05) is 6.61 Å². The largest absolute Gasteiger partial charge is 0.494 e. The molecule has 0 fully saturated rings. The highest BCUT2D eigenvalue weighted by Gasteiger charge is 2.09. The zero-order valence-corrected chi connectivity index (χ0v) is 13.8. The van der Waals surface area contributed by atoms with Gasteiger partial charge in [-0.1, -0.05) is 6.92 Å². The SMILES string of the molecule is CCCOc1ccc(C(=O)CCC(=O)NCc2ccncc2)cc1. The fourth-order valence-electron chi connectivity index (χ4n) is 2.12. The molecule has 0 radical (unpaired) electrons. The first-order valence-electron chi connectivity index (χ1n) is 8.10. The Morgan fingerprint density at radius 2 is 1.75 bits per heavy atom. The third-order valence-corrected chi connectivity index (χ3v) is 3.47. The molecule has 1 heterocycles. The Bertz CT molecular complexity index is 654. The Morgan fingerprint density at radius 1 is 1.04 bits per heavy atom. The molecule has 0 atom stereocenters. The Hall–Kier alpha value is -2.69. The zero-order valence-electron chi connectivity index (χ0n) is 13.8. The first-order chi connectivity index (χ1) is 11.7. The molecule has 2 rings (SSSR count). The van der Waals surface area contributed by atoms with E-state index >= 15 is 0 Å². The predicted molar refractivity (Wildman–Crippen MR) is 91.9 cm³/mol. The molecule has 0 saturated carbocycles. The molecular weight excluding hydrogens is 304 g/mol. The van der Waals surface area contributed by atoms with Gasteiger partial charge in [-0.25, -0.2) is 0 Å². The summed E-state index contributed by atoms with van der Waals surface area (Å²) >= 11 is 0. The summed E-state index contributed by atoms with van der Waals surface area (Å²) in [5, 5.41) is 2.80. The van der Waals surface area contributed by atoms with Crippen molar-refractivity contribution in [1.82, 2.24) is 10.3 Å². The summed E-state index contributed by atoms with van der Waals surface area (Å²) in [7, 11) is 0. The average molecular weight is 326 g/mol. The van der Waals surface area contributed by atoms with Crippen LogP contribution in [0.15, 0.2) is 48.8 Å². The van der Waals surface area contributed by atoms with Crippen LogP contribution in [0.4, 0.5) is 0 Å². The molecule has 0 unspecified atom stereocenters. The summed E-state index contributed by atoms with van der Waals surface area (Å²) in [6.45, 7) is 3.14. The highest BCUT2D eigenvalue weighted by Crippen LogP contribution is 2.14. The van der Waals surface area contributed by atoms with Crippen molar-refractivity contribution in [2.24, 2.45) is 0 Å². The van der Waals surface area contributed by atoms with Crippen LogP contribution in [0, 0.1) is 0 Å². The van der Waals surface area contributed by atoms with Gasteiger partial charge < -0.3 is 10.1 Å². The lowest BCUT2D eigenvalue weighted by atomic mass is 10.1. The molecule has 0 bridgehead atoms. The molecule has 1 N–H and O–H groups in total. The Balaban J connectivity index is 1.74. The molecular formula is C19H22N2O3. The van der Waals surface area contributed by atoms with E-state index < -0.39 is 0 Å². The summed E-state index contributed by atoms with van der Waals surface area (Å²) < 4.78 is 5.48. The number of nitrogens with zero attached hydrogens (tertiary/aromatic N) is 1.